The summed E-state index contributed by atoms with van der Waals surface area (Å²) in [6.45, 7) is 3.87. The van der Waals surface area contributed by atoms with Crippen LogP contribution in [-0.2, 0) is 33.3 Å². The van der Waals surface area contributed by atoms with E-state index in [2.05, 4.69) is 113 Å². The van der Waals surface area contributed by atoms with Crippen LogP contribution in [0.2, 0.25) is 0 Å². The number of carbonyl (C=O) groups excluding carboxylic acids is 3. The van der Waals surface area contributed by atoms with Crippen LogP contribution in [0.4, 0.5) is 34.1 Å². The Balaban J connectivity index is 1.12. The summed E-state index contributed by atoms with van der Waals surface area (Å²) < 4.78 is 19.4. The molecule has 0 unspecified atom stereocenters. The maximum atomic E-state index is 11.7. The lowest BCUT2D eigenvalue weighted by Crippen LogP contribution is -2.09. The first kappa shape index (κ1) is 47.0. The second-order valence-electron chi connectivity index (χ2n) is 15.3. The SMILES string of the molecule is C=C(C=Cc1ccc(N(c2ccc(C=CC(=O)OC)cc2)c2ccc(-c3ccc(-c4ccc(N(c5ccc(C=CC(=O)OC)cc5)c5ccc(C=CC(=O)OC)cc5)cc4)cc3)cc2)cc1)OC. The van der Waals surface area contributed by atoms with Crippen LogP contribution in [0.25, 0.3) is 46.6 Å². The van der Waals surface area contributed by atoms with E-state index < -0.39 is 17.9 Å². The first-order valence-electron chi connectivity index (χ1n) is 21.6. The lowest BCUT2D eigenvalue weighted by atomic mass is 9.99. The van der Waals surface area contributed by atoms with E-state index in [1.165, 1.54) is 39.6 Å². The number of esters is 3. The van der Waals surface area contributed by atoms with Gasteiger partial charge in [0.1, 0.15) is 5.76 Å². The summed E-state index contributed by atoms with van der Waals surface area (Å²) in [6, 6.07) is 57.5. The molecule has 0 bridgehead atoms. The molecule has 0 aliphatic heterocycles. The molecule has 0 N–H and O–H groups in total. The van der Waals surface area contributed by atoms with Gasteiger partial charge in [-0.3, -0.25) is 0 Å². The molecular weight excluding hydrogens is 849 g/mol. The highest BCUT2D eigenvalue weighted by atomic mass is 16.5. The van der Waals surface area contributed by atoms with Crippen molar-refractivity contribution in [1.29, 1.82) is 0 Å². The van der Waals surface area contributed by atoms with E-state index in [0.717, 1.165) is 78.6 Å². The molecule has 7 rings (SSSR count). The third kappa shape index (κ3) is 12.2. The van der Waals surface area contributed by atoms with E-state index in [4.69, 9.17) is 18.9 Å². The van der Waals surface area contributed by atoms with Gasteiger partial charge in [0, 0.05) is 52.4 Å². The maximum absolute atomic E-state index is 11.7. The van der Waals surface area contributed by atoms with Crippen LogP contribution in [0.1, 0.15) is 22.3 Å². The van der Waals surface area contributed by atoms with Gasteiger partial charge in [-0.05, 0) is 142 Å². The van der Waals surface area contributed by atoms with Crippen molar-refractivity contribution >= 4 is 76.3 Å². The molecule has 338 valence electrons. The Morgan fingerprint density at radius 3 is 0.750 bits per heavy atom. The Morgan fingerprint density at radius 2 is 0.529 bits per heavy atom. The quantitative estimate of drug-likeness (QED) is 0.0291. The largest absolute Gasteiger partial charge is 0.497 e. The van der Waals surface area contributed by atoms with Crippen LogP contribution in [0.15, 0.2) is 207 Å². The number of ether oxygens (including phenoxy) is 4. The number of methoxy groups -OCH3 is 4. The van der Waals surface area contributed by atoms with Crippen LogP contribution in [-0.4, -0.2) is 46.3 Å². The Morgan fingerprint density at radius 1 is 0.324 bits per heavy atom. The zero-order valence-corrected chi connectivity index (χ0v) is 38.2. The molecule has 0 atom stereocenters. The van der Waals surface area contributed by atoms with Crippen molar-refractivity contribution in [2.75, 3.05) is 38.2 Å². The van der Waals surface area contributed by atoms with Crippen molar-refractivity contribution in [2.45, 2.75) is 0 Å². The fourth-order valence-electron chi connectivity index (χ4n) is 7.25. The normalized spacial score (nSPS) is 11.2. The van der Waals surface area contributed by atoms with E-state index in [-0.39, 0.29) is 0 Å². The molecule has 0 aliphatic carbocycles. The zero-order chi connectivity index (χ0) is 47.8. The van der Waals surface area contributed by atoms with Crippen molar-refractivity contribution in [3.05, 3.63) is 229 Å². The van der Waals surface area contributed by atoms with Gasteiger partial charge in [0.25, 0.3) is 0 Å². The summed E-state index contributed by atoms with van der Waals surface area (Å²) in [6.07, 6.45) is 13.1. The van der Waals surface area contributed by atoms with E-state index >= 15 is 0 Å². The van der Waals surface area contributed by atoms with Crippen LogP contribution in [0.5, 0.6) is 0 Å². The third-order valence-electron chi connectivity index (χ3n) is 11.0. The molecule has 0 aliphatic rings. The predicted molar refractivity (Wildman–Crippen MR) is 275 cm³/mol. The van der Waals surface area contributed by atoms with Crippen molar-refractivity contribution < 1.29 is 33.3 Å². The fourth-order valence-corrected chi connectivity index (χ4v) is 7.25. The van der Waals surface area contributed by atoms with Gasteiger partial charge in [-0.15, -0.1) is 0 Å². The molecule has 9 nitrogen and oxygen atoms in total. The minimum Gasteiger partial charge on any atom is -0.497 e. The Bertz CT molecular complexity index is 2610. The Labute approximate surface area is 397 Å². The number of benzene rings is 7. The first-order chi connectivity index (χ1) is 33.1. The molecule has 0 saturated carbocycles. The summed E-state index contributed by atoms with van der Waals surface area (Å²) in [5.74, 6) is -0.677. The van der Waals surface area contributed by atoms with Crippen LogP contribution in [0.3, 0.4) is 0 Å². The van der Waals surface area contributed by atoms with Gasteiger partial charge < -0.3 is 28.7 Å². The van der Waals surface area contributed by atoms with Crippen molar-refractivity contribution in [2.24, 2.45) is 0 Å². The standard InChI is InChI=1S/C59H50N2O7/c1-42(65-2)6-7-43-8-27-51(28-9-43)60(52-29-10-44(11-30-52)16-39-57(62)66-3)55-35-23-49(24-36-55)47-19-21-48(22-20-47)50-25-37-56(38-26-50)61(53-31-12-45(13-32-53)17-40-58(63)67-4)54-33-14-46(15-34-54)18-41-59(64)68-5/h6-41H,1H2,2-5H3. The number of hydrogen-bond acceptors (Lipinski definition) is 9. The summed E-state index contributed by atoms with van der Waals surface area (Å²) in [7, 11) is 5.66. The van der Waals surface area contributed by atoms with Crippen LogP contribution < -0.4 is 9.80 Å². The van der Waals surface area contributed by atoms with Gasteiger partial charge in [-0.25, -0.2) is 14.4 Å². The second-order valence-corrected chi connectivity index (χ2v) is 15.3. The van der Waals surface area contributed by atoms with Crippen LogP contribution >= 0.6 is 0 Å². The second kappa shape index (κ2) is 22.8. The number of allylic oxidation sites excluding steroid dienone is 1. The van der Waals surface area contributed by atoms with Gasteiger partial charge in [-0.1, -0.05) is 110 Å². The Kier molecular flexibility index (Phi) is 15.8. The van der Waals surface area contributed by atoms with Gasteiger partial charge in [-0.2, -0.15) is 0 Å². The average molecular weight is 899 g/mol. The molecule has 9 heteroatoms. The van der Waals surface area contributed by atoms with Crippen molar-refractivity contribution in [3.8, 4) is 22.3 Å². The smallest absolute Gasteiger partial charge is 0.330 e. The lowest BCUT2D eigenvalue weighted by Gasteiger charge is -2.26. The Hall–Kier alpha value is -8.95. The van der Waals surface area contributed by atoms with Gasteiger partial charge in [0.2, 0.25) is 0 Å². The predicted octanol–water partition coefficient (Wildman–Crippen LogP) is 13.7. The highest BCUT2D eigenvalue weighted by Gasteiger charge is 2.15. The lowest BCUT2D eigenvalue weighted by molar-refractivity contribution is -0.135. The molecule has 68 heavy (non-hydrogen) atoms. The summed E-state index contributed by atoms with van der Waals surface area (Å²) >= 11 is 0. The number of rotatable bonds is 17. The molecule has 0 fully saturated rings. The van der Waals surface area contributed by atoms with Gasteiger partial charge in [0.05, 0.1) is 28.4 Å². The first-order valence-corrected chi connectivity index (χ1v) is 21.6. The highest BCUT2D eigenvalue weighted by Crippen LogP contribution is 2.38. The molecule has 0 radical (unpaired) electrons. The number of carbonyl (C=O) groups is 3. The molecule has 7 aromatic carbocycles. The molecular formula is C59H50N2O7. The number of hydrogen-bond donors (Lipinski definition) is 0. The molecule has 0 saturated heterocycles. The molecule has 0 amide bonds. The number of nitrogens with zero attached hydrogens (tertiary/aromatic N) is 2. The topological polar surface area (TPSA) is 94.6 Å². The monoisotopic (exact) mass is 898 g/mol. The van der Waals surface area contributed by atoms with Crippen molar-refractivity contribution in [3.63, 3.8) is 0 Å². The number of anilines is 6. The van der Waals surface area contributed by atoms with Gasteiger partial charge >= 0.3 is 17.9 Å². The minimum absolute atomic E-state index is 0.410. The van der Waals surface area contributed by atoms with Crippen molar-refractivity contribution in [1.82, 2.24) is 0 Å². The summed E-state index contributed by atoms with van der Waals surface area (Å²) in [5, 5.41) is 0. The third-order valence-corrected chi connectivity index (χ3v) is 11.0. The van der Waals surface area contributed by atoms with E-state index in [1.807, 2.05) is 84.9 Å². The maximum Gasteiger partial charge on any atom is 0.330 e. The zero-order valence-electron chi connectivity index (χ0n) is 38.2. The fraction of sp³-hybridized carbons (Fsp3) is 0.0678. The highest BCUT2D eigenvalue weighted by molar-refractivity contribution is 5.89. The average Bonchev–Trinajstić information content (AvgIpc) is 3.40. The molecule has 0 spiro atoms. The minimum atomic E-state index is -0.421. The molecule has 0 aromatic heterocycles. The van der Waals surface area contributed by atoms with Crippen LogP contribution in [0, 0.1) is 0 Å². The molecule has 7 aromatic rings. The van der Waals surface area contributed by atoms with E-state index in [9.17, 15) is 14.4 Å². The van der Waals surface area contributed by atoms with E-state index in [0.29, 0.717) is 5.76 Å². The summed E-state index contributed by atoms with van der Waals surface area (Å²) in [5.41, 5.74) is 13.6. The molecule has 0 heterocycles. The van der Waals surface area contributed by atoms with E-state index in [1.54, 1.807) is 25.3 Å². The van der Waals surface area contributed by atoms with Gasteiger partial charge in [0.15, 0.2) is 0 Å². The summed E-state index contributed by atoms with van der Waals surface area (Å²) in [4.78, 5) is 39.4.